The number of hydrogen-bond acceptors (Lipinski definition) is 4. The van der Waals surface area contributed by atoms with Crippen molar-refractivity contribution in [2.24, 2.45) is 0 Å². The number of hydrogen-bond donors (Lipinski definition) is 0. The Bertz CT molecular complexity index is 836. The van der Waals surface area contributed by atoms with E-state index in [9.17, 15) is 8.42 Å². The van der Waals surface area contributed by atoms with Crippen molar-refractivity contribution in [3.8, 4) is 5.75 Å². The van der Waals surface area contributed by atoms with Gasteiger partial charge in [0.15, 0.2) is 0 Å². The smallest absolute Gasteiger partial charge is 0.247 e. The molecule has 1 aliphatic rings. The summed E-state index contributed by atoms with van der Waals surface area (Å²) in [6.45, 7) is 4.39. The average molecular weight is 361 g/mol. The molecule has 0 aromatic heterocycles. The monoisotopic (exact) mass is 361 g/mol. The van der Waals surface area contributed by atoms with E-state index in [4.69, 9.17) is 9.47 Å². The summed E-state index contributed by atoms with van der Waals surface area (Å²) in [5, 5.41) is 0. The summed E-state index contributed by atoms with van der Waals surface area (Å²) in [5.74, 6) is 0.358. The number of benzene rings is 2. The first-order valence-electron chi connectivity index (χ1n) is 8.26. The molecule has 0 amide bonds. The largest absolute Gasteiger partial charge is 0.495 e. The Labute approximate surface area is 149 Å². The molecule has 0 bridgehead atoms. The molecule has 6 heteroatoms. The van der Waals surface area contributed by atoms with E-state index in [-0.39, 0.29) is 17.0 Å². The van der Waals surface area contributed by atoms with Gasteiger partial charge in [-0.2, -0.15) is 4.31 Å². The topological polar surface area (TPSA) is 55.8 Å². The van der Waals surface area contributed by atoms with Crippen molar-refractivity contribution < 1.29 is 17.9 Å². The quantitative estimate of drug-likeness (QED) is 0.839. The highest BCUT2D eigenvalue weighted by molar-refractivity contribution is 7.89. The molecular weight excluding hydrogens is 338 g/mol. The van der Waals surface area contributed by atoms with E-state index >= 15 is 0 Å². The molecule has 3 rings (SSSR count). The second-order valence-electron chi connectivity index (χ2n) is 6.30. The van der Waals surface area contributed by atoms with Crippen LogP contribution in [-0.2, 0) is 14.8 Å². The van der Waals surface area contributed by atoms with Gasteiger partial charge in [0.25, 0.3) is 0 Å². The Kier molecular flexibility index (Phi) is 5.13. The summed E-state index contributed by atoms with van der Waals surface area (Å²) in [4.78, 5) is 0.199. The third-order valence-corrected chi connectivity index (χ3v) is 6.31. The van der Waals surface area contributed by atoms with Gasteiger partial charge in [-0.3, -0.25) is 0 Å². The Hall–Kier alpha value is -1.89. The van der Waals surface area contributed by atoms with Gasteiger partial charge in [-0.05, 0) is 37.1 Å². The third-order valence-electron chi connectivity index (χ3n) is 4.41. The molecule has 1 fully saturated rings. The maximum atomic E-state index is 13.4. The van der Waals surface area contributed by atoms with Crippen LogP contribution in [0.4, 0.5) is 0 Å². The first kappa shape index (κ1) is 17.9. The summed E-state index contributed by atoms with van der Waals surface area (Å²) in [6.07, 6.45) is -0.162. The van der Waals surface area contributed by atoms with E-state index in [2.05, 4.69) is 0 Å². The van der Waals surface area contributed by atoms with Crippen LogP contribution in [0.25, 0.3) is 0 Å². The average Bonchev–Trinajstić information content (AvgIpc) is 2.62. The van der Waals surface area contributed by atoms with Crippen molar-refractivity contribution in [1.29, 1.82) is 0 Å². The lowest BCUT2D eigenvalue weighted by molar-refractivity contribution is -0.0232. The van der Waals surface area contributed by atoms with Gasteiger partial charge in [0.05, 0.1) is 25.9 Å². The fourth-order valence-corrected chi connectivity index (χ4v) is 5.00. The zero-order chi connectivity index (χ0) is 18.0. The zero-order valence-electron chi connectivity index (χ0n) is 14.7. The molecule has 2 aromatic rings. The van der Waals surface area contributed by atoms with Gasteiger partial charge in [-0.15, -0.1) is 0 Å². The van der Waals surface area contributed by atoms with Crippen molar-refractivity contribution in [3.63, 3.8) is 0 Å². The van der Waals surface area contributed by atoms with Crippen LogP contribution in [-0.4, -0.2) is 39.1 Å². The highest BCUT2D eigenvalue weighted by atomic mass is 32.2. The van der Waals surface area contributed by atoms with E-state index in [1.165, 1.54) is 11.4 Å². The first-order valence-corrected chi connectivity index (χ1v) is 9.70. The minimum absolute atomic E-state index is 0.162. The van der Waals surface area contributed by atoms with Crippen LogP contribution in [0.15, 0.2) is 53.4 Å². The Morgan fingerprint density at radius 1 is 1.16 bits per heavy atom. The minimum Gasteiger partial charge on any atom is -0.495 e. The lowest BCUT2D eigenvalue weighted by Crippen LogP contribution is -2.46. The summed E-state index contributed by atoms with van der Waals surface area (Å²) >= 11 is 0. The van der Waals surface area contributed by atoms with Crippen LogP contribution < -0.4 is 4.74 Å². The lowest BCUT2D eigenvalue weighted by atomic mass is 10.1. The molecule has 5 nitrogen and oxygen atoms in total. The third kappa shape index (κ3) is 3.56. The molecule has 2 aromatic carbocycles. The molecule has 0 spiro atoms. The molecule has 2 unspecified atom stereocenters. The number of sulfonamides is 1. The highest BCUT2D eigenvalue weighted by Crippen LogP contribution is 2.35. The SMILES string of the molecule is COc1ccc(C)cc1S(=O)(=O)N1CC(C)OCC1c1ccccc1. The van der Waals surface area contributed by atoms with Crippen molar-refractivity contribution in [2.45, 2.75) is 30.9 Å². The summed E-state index contributed by atoms with van der Waals surface area (Å²) in [5.41, 5.74) is 1.79. The number of nitrogens with zero attached hydrogens (tertiary/aromatic N) is 1. The van der Waals surface area contributed by atoms with Crippen molar-refractivity contribution in [2.75, 3.05) is 20.3 Å². The van der Waals surface area contributed by atoms with Crippen molar-refractivity contribution in [3.05, 3.63) is 59.7 Å². The normalized spacial score (nSPS) is 21.9. The summed E-state index contributed by atoms with van der Waals surface area (Å²) in [7, 11) is -2.24. The van der Waals surface area contributed by atoms with Crippen LogP contribution in [0, 0.1) is 6.92 Å². The van der Waals surface area contributed by atoms with Gasteiger partial charge < -0.3 is 9.47 Å². The van der Waals surface area contributed by atoms with Crippen molar-refractivity contribution in [1.82, 2.24) is 4.31 Å². The molecule has 1 saturated heterocycles. The predicted octanol–water partition coefficient (Wildman–Crippen LogP) is 3.15. The van der Waals surface area contributed by atoms with Gasteiger partial charge in [0.1, 0.15) is 10.6 Å². The van der Waals surface area contributed by atoms with E-state index in [0.717, 1.165) is 11.1 Å². The van der Waals surface area contributed by atoms with Crippen LogP contribution in [0.5, 0.6) is 5.75 Å². The zero-order valence-corrected chi connectivity index (χ0v) is 15.5. The minimum atomic E-state index is -3.73. The highest BCUT2D eigenvalue weighted by Gasteiger charge is 2.38. The second kappa shape index (κ2) is 7.15. The van der Waals surface area contributed by atoms with E-state index in [0.29, 0.717) is 18.9 Å². The van der Waals surface area contributed by atoms with Crippen LogP contribution in [0.3, 0.4) is 0 Å². The molecule has 0 radical (unpaired) electrons. The Morgan fingerprint density at radius 3 is 2.56 bits per heavy atom. The molecule has 1 heterocycles. The number of ether oxygens (including phenoxy) is 2. The molecule has 134 valence electrons. The van der Waals surface area contributed by atoms with Crippen LogP contribution in [0.2, 0.25) is 0 Å². The van der Waals surface area contributed by atoms with Gasteiger partial charge in [-0.25, -0.2) is 8.42 Å². The number of aryl methyl sites for hydroxylation is 1. The predicted molar refractivity (Wildman–Crippen MR) is 96.2 cm³/mol. The van der Waals surface area contributed by atoms with Gasteiger partial charge >= 0.3 is 0 Å². The van der Waals surface area contributed by atoms with E-state index in [1.54, 1.807) is 12.1 Å². The maximum Gasteiger partial charge on any atom is 0.247 e. The molecule has 0 saturated carbocycles. The molecule has 0 N–H and O–H groups in total. The number of morpholine rings is 1. The van der Waals surface area contributed by atoms with Crippen LogP contribution >= 0.6 is 0 Å². The van der Waals surface area contributed by atoms with Crippen molar-refractivity contribution >= 4 is 10.0 Å². The van der Waals surface area contributed by atoms with Gasteiger partial charge in [0.2, 0.25) is 10.0 Å². The van der Waals surface area contributed by atoms with Gasteiger partial charge in [-0.1, -0.05) is 36.4 Å². The Morgan fingerprint density at radius 2 is 1.88 bits per heavy atom. The maximum absolute atomic E-state index is 13.4. The summed E-state index contributed by atoms with van der Waals surface area (Å²) in [6, 6.07) is 14.4. The summed E-state index contributed by atoms with van der Waals surface area (Å²) < 4.78 is 39.5. The first-order chi connectivity index (χ1) is 11.9. The molecule has 0 aliphatic carbocycles. The molecule has 2 atom stereocenters. The Balaban J connectivity index is 2.08. The second-order valence-corrected chi connectivity index (χ2v) is 8.16. The molecule has 25 heavy (non-hydrogen) atoms. The number of methoxy groups -OCH3 is 1. The van der Waals surface area contributed by atoms with Crippen LogP contribution in [0.1, 0.15) is 24.1 Å². The fraction of sp³-hybridized carbons (Fsp3) is 0.368. The van der Waals surface area contributed by atoms with E-state index in [1.807, 2.05) is 50.2 Å². The van der Waals surface area contributed by atoms with E-state index < -0.39 is 10.0 Å². The lowest BCUT2D eigenvalue weighted by Gasteiger charge is -2.38. The fourth-order valence-electron chi connectivity index (χ4n) is 3.09. The molecular formula is C19H23NO4S. The standard InChI is InChI=1S/C19H23NO4S/c1-14-9-10-18(23-3)19(11-14)25(21,22)20-12-15(2)24-13-17(20)16-7-5-4-6-8-16/h4-11,15,17H,12-13H2,1-3H3. The van der Waals surface area contributed by atoms with Gasteiger partial charge in [0, 0.05) is 6.54 Å². The molecule has 1 aliphatic heterocycles. The number of rotatable bonds is 4.